The van der Waals surface area contributed by atoms with E-state index in [9.17, 15) is 4.79 Å². The monoisotopic (exact) mass is 238 g/mol. The zero-order chi connectivity index (χ0) is 13.3. The lowest BCUT2D eigenvalue weighted by Crippen LogP contribution is -2.02. The van der Waals surface area contributed by atoms with Gasteiger partial charge in [-0.05, 0) is 12.1 Å². The van der Waals surface area contributed by atoms with Gasteiger partial charge in [0.2, 0.25) is 0 Å². The average molecular weight is 238 g/mol. The Morgan fingerprint density at radius 2 is 1.88 bits per heavy atom. The summed E-state index contributed by atoms with van der Waals surface area (Å²) < 4.78 is 9.59. The van der Waals surface area contributed by atoms with Crippen molar-refractivity contribution in [2.75, 3.05) is 7.11 Å². The van der Waals surface area contributed by atoms with Gasteiger partial charge >= 0.3 is 5.97 Å². The van der Waals surface area contributed by atoms with Gasteiger partial charge in [0.05, 0.1) is 13.4 Å². The zero-order valence-corrected chi connectivity index (χ0v) is 9.67. The van der Waals surface area contributed by atoms with Crippen LogP contribution in [0.1, 0.15) is 17.3 Å². The molecule has 5 heteroatoms. The molecule has 0 radical (unpaired) electrons. The molecule has 0 aliphatic carbocycles. The van der Waals surface area contributed by atoms with Gasteiger partial charge < -0.3 is 14.6 Å². The number of ether oxygens (including phenoxy) is 2. The van der Waals surface area contributed by atoms with Gasteiger partial charge in [-0.25, -0.2) is 4.79 Å². The average Bonchev–Trinajstić information content (AvgIpc) is 2.28. The first-order chi connectivity index (χ1) is 8.02. The molecule has 0 bridgehead atoms. The normalized spacial score (nSPS) is 8.35. The predicted molar refractivity (Wildman–Crippen MR) is 61.9 cm³/mol. The minimum atomic E-state index is -0.833. The van der Waals surface area contributed by atoms with Gasteiger partial charge in [0.15, 0.2) is 0 Å². The first kappa shape index (κ1) is 14.7. The lowest BCUT2D eigenvalue weighted by Gasteiger charge is -2.04. The van der Waals surface area contributed by atoms with Crippen LogP contribution in [-0.2, 0) is 9.53 Å². The number of esters is 1. The molecule has 5 nitrogen and oxygen atoms in total. The van der Waals surface area contributed by atoms with Gasteiger partial charge in [-0.1, -0.05) is 18.7 Å². The molecule has 17 heavy (non-hydrogen) atoms. The first-order valence-corrected chi connectivity index (χ1v) is 4.67. The van der Waals surface area contributed by atoms with Crippen molar-refractivity contribution < 1.29 is 24.2 Å². The predicted octanol–water partition coefficient (Wildman–Crippen LogP) is 2.09. The van der Waals surface area contributed by atoms with Crippen molar-refractivity contribution >= 4 is 11.9 Å². The Hall–Kier alpha value is -2.30. The highest BCUT2D eigenvalue weighted by Gasteiger charge is 2.10. The van der Waals surface area contributed by atoms with Crippen LogP contribution in [0.2, 0.25) is 0 Å². The molecule has 0 amide bonds. The van der Waals surface area contributed by atoms with E-state index in [1.54, 1.807) is 24.3 Å². The van der Waals surface area contributed by atoms with Gasteiger partial charge in [-0.15, -0.1) is 0 Å². The fourth-order valence-electron chi connectivity index (χ4n) is 0.952. The second-order valence-corrected chi connectivity index (χ2v) is 2.79. The topological polar surface area (TPSA) is 72.8 Å². The number of aliphatic carboxylic acids is 1. The third-order valence-corrected chi connectivity index (χ3v) is 1.52. The summed E-state index contributed by atoms with van der Waals surface area (Å²) in [6, 6.07) is 6.84. The molecule has 1 aromatic carbocycles. The Labute approximate surface area is 99.3 Å². The number of para-hydroxylation sites is 1. The van der Waals surface area contributed by atoms with Crippen molar-refractivity contribution in [1.29, 1.82) is 0 Å². The molecule has 0 aliphatic rings. The summed E-state index contributed by atoms with van der Waals surface area (Å²) in [7, 11) is 1.50. The number of carboxylic acids is 1. The highest BCUT2D eigenvalue weighted by Crippen LogP contribution is 2.17. The summed E-state index contributed by atoms with van der Waals surface area (Å²) in [4.78, 5) is 20.3. The molecule has 0 spiro atoms. The van der Waals surface area contributed by atoms with E-state index in [0.29, 0.717) is 11.3 Å². The Morgan fingerprint density at radius 1 is 1.35 bits per heavy atom. The molecule has 0 saturated heterocycles. The van der Waals surface area contributed by atoms with Crippen LogP contribution in [0, 0.1) is 0 Å². The molecule has 1 aromatic rings. The van der Waals surface area contributed by atoms with Crippen molar-refractivity contribution in [2.45, 2.75) is 6.92 Å². The minimum absolute atomic E-state index is 0.393. The number of rotatable bonds is 3. The van der Waals surface area contributed by atoms with Crippen molar-refractivity contribution in [3.8, 4) is 5.75 Å². The third kappa shape index (κ3) is 5.99. The zero-order valence-electron chi connectivity index (χ0n) is 9.67. The Balaban J connectivity index is 0.000000557. The van der Waals surface area contributed by atoms with Crippen LogP contribution < -0.4 is 4.74 Å². The molecule has 0 saturated carbocycles. The van der Waals surface area contributed by atoms with Crippen LogP contribution >= 0.6 is 0 Å². The van der Waals surface area contributed by atoms with E-state index in [1.165, 1.54) is 7.11 Å². The summed E-state index contributed by atoms with van der Waals surface area (Å²) in [5.74, 6) is -0.804. The van der Waals surface area contributed by atoms with E-state index >= 15 is 0 Å². The number of hydrogen-bond donors (Lipinski definition) is 1. The summed E-state index contributed by atoms with van der Waals surface area (Å²) in [6.07, 6.45) is 1.09. The summed E-state index contributed by atoms with van der Waals surface area (Å²) in [6.45, 7) is 4.38. The largest absolute Gasteiger partial charge is 0.496 e. The van der Waals surface area contributed by atoms with E-state index in [-0.39, 0.29) is 0 Å². The van der Waals surface area contributed by atoms with Crippen molar-refractivity contribution in [2.24, 2.45) is 0 Å². The molecular formula is C12H14O5. The smallest absolute Gasteiger partial charge is 0.346 e. The van der Waals surface area contributed by atoms with Crippen molar-refractivity contribution in [3.05, 3.63) is 42.7 Å². The van der Waals surface area contributed by atoms with Gasteiger partial charge in [0.25, 0.3) is 5.97 Å². The molecule has 92 valence electrons. The van der Waals surface area contributed by atoms with Gasteiger partial charge in [-0.2, -0.15) is 0 Å². The number of carbonyl (C=O) groups excluding carboxylic acids is 1. The maximum Gasteiger partial charge on any atom is 0.346 e. The molecule has 0 aliphatic heterocycles. The van der Waals surface area contributed by atoms with E-state index in [2.05, 4.69) is 11.3 Å². The van der Waals surface area contributed by atoms with Gasteiger partial charge in [0.1, 0.15) is 11.3 Å². The van der Waals surface area contributed by atoms with Crippen LogP contribution in [0.25, 0.3) is 0 Å². The minimum Gasteiger partial charge on any atom is -0.496 e. The molecule has 1 N–H and O–H groups in total. The van der Waals surface area contributed by atoms with Crippen LogP contribution in [0.5, 0.6) is 5.75 Å². The maximum atomic E-state index is 11.3. The van der Waals surface area contributed by atoms with Gasteiger partial charge in [-0.3, -0.25) is 4.79 Å². The quantitative estimate of drug-likeness (QED) is 0.644. The molecule has 0 fully saturated rings. The molecule has 1 rings (SSSR count). The molecule has 0 heterocycles. The molecular weight excluding hydrogens is 224 g/mol. The second-order valence-electron chi connectivity index (χ2n) is 2.79. The molecule has 0 aromatic heterocycles. The molecule has 0 atom stereocenters. The van der Waals surface area contributed by atoms with Crippen LogP contribution in [0.15, 0.2) is 37.1 Å². The number of methoxy groups -OCH3 is 1. The maximum absolute atomic E-state index is 11.3. The van der Waals surface area contributed by atoms with Crippen LogP contribution in [-0.4, -0.2) is 24.2 Å². The highest BCUT2D eigenvalue weighted by molar-refractivity contribution is 5.92. The fourth-order valence-corrected chi connectivity index (χ4v) is 0.952. The van der Waals surface area contributed by atoms with E-state index < -0.39 is 11.9 Å². The Kier molecular flexibility index (Phi) is 6.85. The van der Waals surface area contributed by atoms with Crippen molar-refractivity contribution in [3.63, 3.8) is 0 Å². The lowest BCUT2D eigenvalue weighted by molar-refractivity contribution is -0.134. The Bertz CT molecular complexity index is 394. The summed E-state index contributed by atoms with van der Waals surface area (Å²) in [5.41, 5.74) is 0.393. The van der Waals surface area contributed by atoms with Crippen LogP contribution in [0.4, 0.5) is 0 Å². The van der Waals surface area contributed by atoms with Gasteiger partial charge in [0, 0.05) is 6.92 Å². The Morgan fingerprint density at radius 3 is 2.35 bits per heavy atom. The highest BCUT2D eigenvalue weighted by atomic mass is 16.5. The van der Waals surface area contributed by atoms with E-state index in [4.69, 9.17) is 14.6 Å². The van der Waals surface area contributed by atoms with Crippen LogP contribution in [0.3, 0.4) is 0 Å². The molecule has 0 unspecified atom stereocenters. The first-order valence-electron chi connectivity index (χ1n) is 4.67. The standard InChI is InChI=1S/C10H10O3.C2H4O2/c1-3-13-10(11)8-6-4-5-7-9(8)12-2;1-2(3)4/h3-7H,1H2,2H3;1H3,(H,3,4). The number of hydrogen-bond acceptors (Lipinski definition) is 4. The van der Waals surface area contributed by atoms with E-state index in [1.807, 2.05) is 0 Å². The van der Waals surface area contributed by atoms with Crippen molar-refractivity contribution in [1.82, 2.24) is 0 Å². The fraction of sp³-hybridized carbons (Fsp3) is 0.167. The number of benzene rings is 1. The lowest BCUT2D eigenvalue weighted by atomic mass is 10.2. The number of carbonyl (C=O) groups is 2. The summed E-state index contributed by atoms with van der Waals surface area (Å²) in [5, 5.41) is 7.42. The summed E-state index contributed by atoms with van der Waals surface area (Å²) >= 11 is 0. The number of carboxylic acid groups (broad SMARTS) is 1. The SMILES string of the molecule is C=COC(=O)c1ccccc1OC.CC(=O)O. The second kappa shape index (κ2) is 7.92. The third-order valence-electron chi connectivity index (χ3n) is 1.52. The van der Waals surface area contributed by atoms with E-state index in [0.717, 1.165) is 13.2 Å².